The van der Waals surface area contributed by atoms with Crippen molar-refractivity contribution in [1.29, 1.82) is 0 Å². The van der Waals surface area contributed by atoms with Crippen molar-refractivity contribution in [3.63, 3.8) is 0 Å². The van der Waals surface area contributed by atoms with Gasteiger partial charge in [0.05, 0.1) is 6.61 Å². The smallest absolute Gasteiger partial charge is 0.187 e. The van der Waals surface area contributed by atoms with Crippen LogP contribution in [0.2, 0.25) is 0 Å². The van der Waals surface area contributed by atoms with E-state index in [0.717, 1.165) is 12.8 Å². The Morgan fingerprint density at radius 1 is 0.771 bits per heavy atom. The van der Waals surface area contributed by atoms with Crippen LogP contribution in [-0.2, 0) is 18.9 Å². The number of nitrogens with two attached hydrogens (primary N) is 1. The zero-order valence-corrected chi connectivity index (χ0v) is 19.4. The Morgan fingerprint density at radius 2 is 1.46 bits per heavy atom. The molecule has 0 spiro atoms. The highest BCUT2D eigenvalue weighted by molar-refractivity contribution is 5.21. The van der Waals surface area contributed by atoms with Crippen molar-refractivity contribution in [3.05, 3.63) is 30.3 Å². The van der Waals surface area contributed by atoms with E-state index in [4.69, 9.17) is 29.4 Å². The lowest BCUT2D eigenvalue weighted by Crippen LogP contribution is -2.65. The number of para-hydroxylation sites is 1. The molecule has 0 aliphatic carbocycles. The second kappa shape index (κ2) is 13.8. The zero-order valence-electron chi connectivity index (χ0n) is 19.4. The molecule has 2 aliphatic rings. The first-order valence-electron chi connectivity index (χ1n) is 11.8. The number of benzene rings is 1. The number of aliphatic hydroxyl groups is 6. The maximum atomic E-state index is 10.9. The Labute approximate surface area is 203 Å². The second-order valence-corrected chi connectivity index (χ2v) is 8.67. The number of rotatable bonds is 12. The van der Waals surface area contributed by atoms with E-state index in [1.807, 2.05) is 6.07 Å². The Balaban J connectivity index is 1.71. The Bertz CT molecular complexity index is 727. The molecule has 0 amide bonds. The molecular formula is C23H37NO11. The maximum Gasteiger partial charge on any atom is 0.187 e. The summed E-state index contributed by atoms with van der Waals surface area (Å²) >= 11 is 0. The van der Waals surface area contributed by atoms with Crippen LogP contribution in [0, 0.1) is 0 Å². The molecule has 2 fully saturated rings. The molecule has 35 heavy (non-hydrogen) atoms. The minimum Gasteiger partial charge on any atom is -0.491 e. The molecule has 10 atom stereocenters. The Kier molecular flexibility index (Phi) is 11.1. The van der Waals surface area contributed by atoms with Crippen molar-refractivity contribution < 1.29 is 54.3 Å². The summed E-state index contributed by atoms with van der Waals surface area (Å²) in [5.74, 6) is 0.530. The summed E-state index contributed by atoms with van der Waals surface area (Å²) in [6.07, 6.45) is -11.7. The molecule has 1 aromatic rings. The minimum atomic E-state index is -1.69. The SMILES string of the molecule is NCCCCCOC1OC(COc2ccccc2)C(OC2OC(CO)C(O)C(O)C2O)C(O)C1O. The van der Waals surface area contributed by atoms with Crippen LogP contribution in [0.3, 0.4) is 0 Å². The number of hydrogen-bond acceptors (Lipinski definition) is 12. The zero-order chi connectivity index (χ0) is 25.4. The van der Waals surface area contributed by atoms with Gasteiger partial charge in [-0.2, -0.15) is 0 Å². The van der Waals surface area contributed by atoms with Gasteiger partial charge in [0.15, 0.2) is 12.6 Å². The molecule has 0 bridgehead atoms. The van der Waals surface area contributed by atoms with E-state index in [-0.39, 0.29) is 13.2 Å². The molecule has 0 radical (unpaired) electrons. The van der Waals surface area contributed by atoms with Crippen molar-refractivity contribution in [1.82, 2.24) is 0 Å². The molecule has 0 aromatic heterocycles. The fourth-order valence-electron chi connectivity index (χ4n) is 4.00. The van der Waals surface area contributed by atoms with Crippen molar-refractivity contribution in [3.8, 4) is 5.75 Å². The summed E-state index contributed by atoms with van der Waals surface area (Å²) < 4.78 is 28.4. The number of ether oxygens (including phenoxy) is 5. The van der Waals surface area contributed by atoms with Gasteiger partial charge in [0, 0.05) is 6.61 Å². The van der Waals surface area contributed by atoms with Crippen LogP contribution in [0.1, 0.15) is 19.3 Å². The molecule has 2 heterocycles. The Morgan fingerprint density at radius 3 is 2.14 bits per heavy atom. The Hall–Kier alpha value is -1.42. The summed E-state index contributed by atoms with van der Waals surface area (Å²) in [5.41, 5.74) is 5.49. The van der Waals surface area contributed by atoms with Gasteiger partial charge in [0.1, 0.15) is 61.2 Å². The third kappa shape index (κ3) is 7.31. The van der Waals surface area contributed by atoms with Crippen molar-refractivity contribution in [2.24, 2.45) is 5.73 Å². The molecule has 8 N–H and O–H groups in total. The van der Waals surface area contributed by atoms with Crippen molar-refractivity contribution >= 4 is 0 Å². The standard InChI is InChI=1S/C23H37NO11/c24-9-5-2-6-10-31-22-20(30)18(28)21(15(34-22)12-32-13-7-3-1-4-8-13)35-23-19(29)17(27)16(26)14(11-25)33-23/h1,3-4,7-8,14-23,25-30H,2,5-6,9-12,24H2. The van der Waals surface area contributed by atoms with E-state index in [2.05, 4.69) is 0 Å². The molecule has 12 nitrogen and oxygen atoms in total. The fourth-order valence-corrected chi connectivity index (χ4v) is 4.00. The average Bonchev–Trinajstić information content (AvgIpc) is 2.87. The van der Waals surface area contributed by atoms with Crippen LogP contribution in [0.5, 0.6) is 5.75 Å². The topological polar surface area (TPSA) is 194 Å². The van der Waals surface area contributed by atoms with Gasteiger partial charge in [-0.3, -0.25) is 0 Å². The van der Waals surface area contributed by atoms with Crippen LogP contribution in [0.25, 0.3) is 0 Å². The normalized spacial score (nSPS) is 37.8. The van der Waals surface area contributed by atoms with Crippen molar-refractivity contribution in [2.75, 3.05) is 26.4 Å². The van der Waals surface area contributed by atoms with Crippen LogP contribution >= 0.6 is 0 Å². The molecule has 0 saturated carbocycles. The number of unbranched alkanes of at least 4 members (excludes halogenated alkanes) is 2. The largest absolute Gasteiger partial charge is 0.491 e. The lowest BCUT2D eigenvalue weighted by molar-refractivity contribution is -0.358. The van der Waals surface area contributed by atoms with Crippen LogP contribution in [0.15, 0.2) is 30.3 Å². The van der Waals surface area contributed by atoms with E-state index < -0.39 is 68.0 Å². The maximum absolute atomic E-state index is 10.9. The average molecular weight is 504 g/mol. The van der Waals surface area contributed by atoms with E-state index in [1.54, 1.807) is 24.3 Å². The highest BCUT2D eigenvalue weighted by atomic mass is 16.7. The molecule has 3 rings (SSSR count). The van der Waals surface area contributed by atoms with E-state index >= 15 is 0 Å². The summed E-state index contributed by atoms with van der Waals surface area (Å²) in [6, 6.07) is 8.85. The first kappa shape index (κ1) is 28.2. The van der Waals surface area contributed by atoms with Crippen LogP contribution in [-0.4, -0.2) is 118 Å². The monoisotopic (exact) mass is 503 g/mol. The van der Waals surface area contributed by atoms with E-state index in [0.29, 0.717) is 18.7 Å². The summed E-state index contributed by atoms with van der Waals surface area (Å²) in [7, 11) is 0. The van der Waals surface area contributed by atoms with Crippen LogP contribution < -0.4 is 10.5 Å². The van der Waals surface area contributed by atoms with Gasteiger partial charge in [-0.05, 0) is 37.9 Å². The summed E-state index contributed by atoms with van der Waals surface area (Å²) in [6.45, 7) is 0.0940. The molecule has 2 saturated heterocycles. The summed E-state index contributed by atoms with van der Waals surface area (Å²) in [5, 5.41) is 61.3. The quantitative estimate of drug-likeness (QED) is 0.153. The lowest BCUT2D eigenvalue weighted by Gasteiger charge is -2.46. The first-order chi connectivity index (χ1) is 16.9. The molecular weight excluding hydrogens is 466 g/mol. The van der Waals surface area contributed by atoms with Crippen LogP contribution in [0.4, 0.5) is 0 Å². The number of aliphatic hydroxyl groups excluding tert-OH is 6. The molecule has 2 aliphatic heterocycles. The van der Waals surface area contributed by atoms with Crippen molar-refractivity contribution in [2.45, 2.75) is 80.7 Å². The number of hydrogen-bond donors (Lipinski definition) is 7. The van der Waals surface area contributed by atoms with Gasteiger partial charge in [-0.15, -0.1) is 0 Å². The summed E-state index contributed by atoms with van der Waals surface area (Å²) in [4.78, 5) is 0. The van der Waals surface area contributed by atoms with Gasteiger partial charge in [-0.1, -0.05) is 18.2 Å². The van der Waals surface area contributed by atoms with E-state index in [9.17, 15) is 30.6 Å². The van der Waals surface area contributed by atoms with E-state index in [1.165, 1.54) is 0 Å². The molecule has 1 aromatic carbocycles. The molecule has 200 valence electrons. The fraction of sp³-hybridized carbons (Fsp3) is 0.739. The second-order valence-electron chi connectivity index (χ2n) is 8.67. The van der Waals surface area contributed by atoms with Gasteiger partial charge >= 0.3 is 0 Å². The molecule has 10 unspecified atom stereocenters. The van der Waals surface area contributed by atoms with Gasteiger partial charge < -0.3 is 60.1 Å². The highest BCUT2D eigenvalue weighted by Crippen LogP contribution is 2.30. The predicted octanol–water partition coefficient (Wildman–Crippen LogP) is -2.16. The minimum absolute atomic E-state index is 0.108. The van der Waals surface area contributed by atoms with Gasteiger partial charge in [-0.25, -0.2) is 0 Å². The van der Waals surface area contributed by atoms with Gasteiger partial charge in [0.25, 0.3) is 0 Å². The molecule has 12 heteroatoms. The first-order valence-corrected chi connectivity index (χ1v) is 11.8. The third-order valence-electron chi connectivity index (χ3n) is 6.07. The van der Waals surface area contributed by atoms with Gasteiger partial charge in [0.2, 0.25) is 0 Å². The predicted molar refractivity (Wildman–Crippen MR) is 120 cm³/mol. The third-order valence-corrected chi connectivity index (χ3v) is 6.07. The highest BCUT2D eigenvalue weighted by Gasteiger charge is 2.51. The lowest BCUT2D eigenvalue weighted by atomic mass is 9.97.